The molecule has 172 valence electrons. The number of nitrogens with zero attached hydrogens (tertiary/aromatic N) is 1. The molecule has 3 aromatic carbocycles. The van der Waals surface area contributed by atoms with Gasteiger partial charge in [0.2, 0.25) is 0 Å². The predicted octanol–water partition coefficient (Wildman–Crippen LogP) is 6.21. The average molecular weight is 446 g/mol. The molecule has 0 aliphatic heterocycles. The second-order valence-corrected chi connectivity index (χ2v) is 8.64. The van der Waals surface area contributed by atoms with E-state index in [1.165, 1.54) is 5.56 Å². The van der Waals surface area contributed by atoms with Crippen LogP contribution in [0.2, 0.25) is 0 Å². The van der Waals surface area contributed by atoms with Gasteiger partial charge in [0.1, 0.15) is 11.5 Å². The maximum absolute atomic E-state index is 11.8. The van der Waals surface area contributed by atoms with E-state index in [1.807, 2.05) is 37.3 Å². The molecule has 0 aliphatic carbocycles. The fraction of sp³-hybridized carbons (Fsp3) is 0.321. The highest BCUT2D eigenvalue weighted by Gasteiger charge is 2.13. The van der Waals surface area contributed by atoms with Gasteiger partial charge < -0.3 is 18.8 Å². The molecule has 1 aromatic heterocycles. The highest BCUT2D eigenvalue weighted by atomic mass is 16.6. The minimum absolute atomic E-state index is 0.0900. The van der Waals surface area contributed by atoms with Crippen molar-refractivity contribution < 1.29 is 19.0 Å². The first kappa shape index (κ1) is 22.7. The van der Waals surface area contributed by atoms with Crippen LogP contribution in [0.4, 0.5) is 0 Å². The molecule has 4 rings (SSSR count). The molecule has 0 amide bonds. The molecule has 0 radical (unpaired) electrons. The number of para-hydroxylation sites is 1. The topological polar surface area (TPSA) is 49.7 Å². The monoisotopic (exact) mass is 445 g/mol. The van der Waals surface area contributed by atoms with Gasteiger partial charge in [-0.15, -0.1) is 0 Å². The first-order valence-electron chi connectivity index (χ1n) is 11.6. The van der Waals surface area contributed by atoms with E-state index < -0.39 is 0 Å². The Morgan fingerprint density at radius 1 is 0.879 bits per heavy atom. The van der Waals surface area contributed by atoms with Crippen molar-refractivity contribution in [3.63, 3.8) is 0 Å². The Labute approximate surface area is 194 Å². The number of carbonyl (C=O) groups is 1. The number of fused-ring (bicyclic) bond motifs is 3. The van der Waals surface area contributed by atoms with Crippen LogP contribution in [0, 0.1) is 5.92 Å². The maximum Gasteiger partial charge on any atom is 0.344 e. The third kappa shape index (κ3) is 5.48. The Morgan fingerprint density at radius 2 is 1.67 bits per heavy atom. The minimum Gasteiger partial charge on any atom is -0.493 e. The summed E-state index contributed by atoms with van der Waals surface area (Å²) in [6.45, 7) is 8.01. The molecule has 0 fully saturated rings. The summed E-state index contributed by atoms with van der Waals surface area (Å²) in [5.41, 5.74) is 3.45. The van der Waals surface area contributed by atoms with Crippen LogP contribution >= 0.6 is 0 Å². The number of carbonyl (C=O) groups excluding carboxylic acids is 1. The Morgan fingerprint density at radius 3 is 2.48 bits per heavy atom. The zero-order valence-corrected chi connectivity index (χ0v) is 19.5. The second kappa shape index (κ2) is 10.4. The van der Waals surface area contributed by atoms with Crippen molar-refractivity contribution in [3.05, 3.63) is 72.3 Å². The third-order valence-electron chi connectivity index (χ3n) is 5.39. The first-order valence-corrected chi connectivity index (χ1v) is 11.6. The van der Waals surface area contributed by atoms with Crippen molar-refractivity contribution in [3.8, 4) is 11.5 Å². The molecule has 0 aliphatic rings. The molecule has 0 bridgehead atoms. The van der Waals surface area contributed by atoms with Gasteiger partial charge in [0.15, 0.2) is 6.61 Å². The van der Waals surface area contributed by atoms with E-state index in [1.54, 1.807) is 0 Å². The van der Waals surface area contributed by atoms with Crippen molar-refractivity contribution in [1.29, 1.82) is 0 Å². The summed E-state index contributed by atoms with van der Waals surface area (Å²) in [5.74, 6) is 1.69. The van der Waals surface area contributed by atoms with Crippen LogP contribution in [0.5, 0.6) is 11.5 Å². The van der Waals surface area contributed by atoms with E-state index >= 15 is 0 Å². The maximum atomic E-state index is 11.8. The van der Waals surface area contributed by atoms with Crippen LogP contribution in [0.3, 0.4) is 0 Å². The summed E-state index contributed by atoms with van der Waals surface area (Å²) < 4.78 is 19.0. The van der Waals surface area contributed by atoms with Gasteiger partial charge in [-0.2, -0.15) is 0 Å². The minimum atomic E-state index is -0.348. The summed E-state index contributed by atoms with van der Waals surface area (Å²) in [6, 6.07) is 22.6. The fourth-order valence-corrected chi connectivity index (χ4v) is 3.87. The lowest BCUT2D eigenvalue weighted by Crippen LogP contribution is -2.15. The summed E-state index contributed by atoms with van der Waals surface area (Å²) >= 11 is 0. The molecule has 0 spiro atoms. The molecule has 33 heavy (non-hydrogen) atoms. The van der Waals surface area contributed by atoms with Crippen molar-refractivity contribution in [2.24, 2.45) is 5.92 Å². The summed E-state index contributed by atoms with van der Waals surface area (Å²) in [6.07, 6.45) is 0.796. The molecule has 0 atom stereocenters. The largest absolute Gasteiger partial charge is 0.493 e. The van der Waals surface area contributed by atoms with E-state index in [0.29, 0.717) is 24.9 Å². The highest BCUT2D eigenvalue weighted by molar-refractivity contribution is 6.08. The number of aromatic nitrogens is 1. The number of benzene rings is 3. The van der Waals surface area contributed by atoms with Gasteiger partial charge >= 0.3 is 5.97 Å². The van der Waals surface area contributed by atoms with Crippen LogP contribution in [-0.2, 0) is 16.1 Å². The van der Waals surface area contributed by atoms with Gasteiger partial charge in [-0.1, -0.05) is 51.1 Å². The van der Waals surface area contributed by atoms with Gasteiger partial charge in [-0.05, 0) is 54.3 Å². The number of hydrogen-bond acceptors (Lipinski definition) is 4. The Kier molecular flexibility index (Phi) is 7.18. The molecule has 1 heterocycles. The molecule has 0 N–H and O–H groups in total. The molecular weight excluding hydrogens is 414 g/mol. The number of esters is 1. The zero-order chi connectivity index (χ0) is 23.2. The Balaban J connectivity index is 1.62. The van der Waals surface area contributed by atoms with E-state index in [4.69, 9.17) is 14.2 Å². The van der Waals surface area contributed by atoms with Crippen molar-refractivity contribution in [2.45, 2.75) is 33.7 Å². The molecule has 0 unspecified atom stereocenters. The Hall–Kier alpha value is -3.47. The number of rotatable bonds is 10. The normalized spacial score (nSPS) is 11.3. The van der Waals surface area contributed by atoms with Gasteiger partial charge in [0.25, 0.3) is 0 Å². The Bertz CT molecular complexity index is 1240. The van der Waals surface area contributed by atoms with E-state index in [2.05, 4.69) is 54.8 Å². The molecule has 5 nitrogen and oxygen atoms in total. The second-order valence-electron chi connectivity index (χ2n) is 8.64. The zero-order valence-electron chi connectivity index (χ0n) is 19.5. The number of ether oxygens (including phenoxy) is 3. The fourth-order valence-electron chi connectivity index (χ4n) is 3.87. The molecule has 5 heteroatoms. The van der Waals surface area contributed by atoms with Crippen LogP contribution in [-0.4, -0.2) is 30.4 Å². The van der Waals surface area contributed by atoms with Crippen LogP contribution in [0.1, 0.15) is 32.8 Å². The van der Waals surface area contributed by atoms with Gasteiger partial charge in [-0.3, -0.25) is 0 Å². The molecular formula is C28H31NO4. The standard InChI is InChI=1S/C28H31NO4/c1-4-14-31-28(30)19-33-23-12-13-27-25(16-23)24-10-5-6-11-26(24)29(27)17-21-8-7-9-22(15-21)32-18-20(2)3/h5-13,15-16,20H,4,14,17-19H2,1-3H3. The molecule has 4 aromatic rings. The first-order chi connectivity index (χ1) is 16.0. The lowest BCUT2D eigenvalue weighted by atomic mass is 10.1. The SMILES string of the molecule is CCCOC(=O)COc1ccc2c(c1)c1ccccc1n2Cc1cccc(OCC(C)C)c1. The third-order valence-corrected chi connectivity index (χ3v) is 5.39. The van der Waals surface area contributed by atoms with Crippen molar-refractivity contribution in [2.75, 3.05) is 19.8 Å². The number of hydrogen-bond donors (Lipinski definition) is 0. The van der Waals surface area contributed by atoms with E-state index in [0.717, 1.165) is 40.5 Å². The van der Waals surface area contributed by atoms with Gasteiger partial charge in [0.05, 0.1) is 13.2 Å². The van der Waals surface area contributed by atoms with Gasteiger partial charge in [0, 0.05) is 28.4 Å². The van der Waals surface area contributed by atoms with Crippen molar-refractivity contribution >= 4 is 27.8 Å². The van der Waals surface area contributed by atoms with Gasteiger partial charge in [-0.25, -0.2) is 4.79 Å². The summed E-state index contributed by atoms with van der Waals surface area (Å²) in [5, 5.41) is 2.25. The van der Waals surface area contributed by atoms with Crippen LogP contribution < -0.4 is 9.47 Å². The summed E-state index contributed by atoms with van der Waals surface area (Å²) in [7, 11) is 0. The summed E-state index contributed by atoms with van der Waals surface area (Å²) in [4.78, 5) is 11.8. The average Bonchev–Trinajstić information content (AvgIpc) is 3.13. The lowest BCUT2D eigenvalue weighted by Gasteiger charge is -2.12. The highest BCUT2D eigenvalue weighted by Crippen LogP contribution is 2.32. The van der Waals surface area contributed by atoms with E-state index in [9.17, 15) is 4.79 Å². The predicted molar refractivity (Wildman–Crippen MR) is 132 cm³/mol. The molecule has 0 saturated carbocycles. The smallest absolute Gasteiger partial charge is 0.344 e. The van der Waals surface area contributed by atoms with E-state index in [-0.39, 0.29) is 12.6 Å². The van der Waals surface area contributed by atoms with Crippen LogP contribution in [0.25, 0.3) is 21.8 Å². The molecule has 0 saturated heterocycles. The quantitative estimate of drug-likeness (QED) is 0.272. The van der Waals surface area contributed by atoms with Crippen LogP contribution in [0.15, 0.2) is 66.7 Å². The van der Waals surface area contributed by atoms with Crippen molar-refractivity contribution in [1.82, 2.24) is 4.57 Å². The lowest BCUT2D eigenvalue weighted by molar-refractivity contribution is -0.146.